The van der Waals surface area contributed by atoms with Gasteiger partial charge in [-0.3, -0.25) is 28.8 Å². The van der Waals surface area contributed by atoms with Gasteiger partial charge in [0.1, 0.15) is 42.1 Å². The van der Waals surface area contributed by atoms with Crippen LogP contribution in [-0.2, 0) is 70.9 Å². The molecule has 0 bridgehead atoms. The quantitative estimate of drug-likeness (QED) is 0.0379. The summed E-state index contributed by atoms with van der Waals surface area (Å²) in [5.41, 5.74) is 4.86. The Bertz CT molecular complexity index is 2980. The molecular weight excluding hydrogens is 1070 g/mol. The summed E-state index contributed by atoms with van der Waals surface area (Å²) in [5, 5.41) is 13.8. The molecule has 1 aliphatic heterocycles. The molecule has 21 heteroatoms. The lowest BCUT2D eigenvalue weighted by atomic mass is 9.83. The number of carbonyl (C=O) groups is 5. The summed E-state index contributed by atoms with van der Waals surface area (Å²) < 4.78 is 41.9. The Labute approximate surface area is 494 Å². The van der Waals surface area contributed by atoms with Crippen LogP contribution in [0.1, 0.15) is 139 Å². The number of hydrogen-bond donors (Lipinski definition) is 3. The van der Waals surface area contributed by atoms with E-state index >= 15 is 0 Å². The van der Waals surface area contributed by atoms with Crippen LogP contribution < -0.4 is 25.6 Å². The highest BCUT2D eigenvalue weighted by Crippen LogP contribution is 2.34. The first-order chi connectivity index (χ1) is 40.2. The molecule has 84 heavy (non-hydrogen) atoms. The predicted octanol–water partition coefficient (Wildman–Crippen LogP) is 8.98. The van der Waals surface area contributed by atoms with Crippen LogP contribution in [-0.4, -0.2) is 138 Å². The number of oxazole rings is 1. The number of rotatable bonds is 29. The van der Waals surface area contributed by atoms with Gasteiger partial charge in [0.15, 0.2) is 5.69 Å². The SMILES string of the molecule is CC[C@@H](C)C(=O)N[C@H](C(=O)N1Cc2cc(OCCOCCOCCOCCOCCCCc3nn(C)cc3NC(=O)c3coc(-c4ccnc(N(CC)C(=O)OC(C)(C)C)c4)n3)ccc2C[C@H]1C(=O)N[C@@H]1CCCc2ccccc21)C(C)(C)C. The van der Waals surface area contributed by atoms with Gasteiger partial charge in [0, 0.05) is 57.0 Å². The van der Waals surface area contributed by atoms with Gasteiger partial charge < -0.3 is 53.7 Å². The van der Waals surface area contributed by atoms with Crippen molar-refractivity contribution in [1.29, 1.82) is 0 Å². The number of nitrogens with one attached hydrogen (secondary N) is 3. The number of aryl methyl sites for hydroxylation is 3. The maximum Gasteiger partial charge on any atom is 0.415 e. The molecule has 5 aromatic rings. The number of benzene rings is 2. The summed E-state index contributed by atoms with van der Waals surface area (Å²) in [6.45, 7) is 21.0. The molecule has 3 aromatic heterocycles. The number of carbonyl (C=O) groups excluding carboxylic acids is 5. The van der Waals surface area contributed by atoms with Crippen molar-refractivity contribution in [2.24, 2.45) is 18.4 Å². The van der Waals surface area contributed by atoms with E-state index in [1.54, 1.807) is 61.9 Å². The minimum Gasteiger partial charge on any atom is -0.491 e. The molecule has 0 saturated heterocycles. The summed E-state index contributed by atoms with van der Waals surface area (Å²) in [5.74, 6) is -0.202. The Morgan fingerprint density at radius 1 is 0.833 bits per heavy atom. The second-order valence-corrected chi connectivity index (χ2v) is 23.4. The van der Waals surface area contributed by atoms with E-state index in [4.69, 9.17) is 32.8 Å². The zero-order chi connectivity index (χ0) is 60.4. The fourth-order valence-corrected chi connectivity index (χ4v) is 9.97. The van der Waals surface area contributed by atoms with Crippen LogP contribution in [0.15, 0.2) is 77.7 Å². The first-order valence-electron chi connectivity index (χ1n) is 29.5. The Morgan fingerprint density at radius 2 is 1.54 bits per heavy atom. The van der Waals surface area contributed by atoms with Crippen LogP contribution >= 0.6 is 0 Å². The summed E-state index contributed by atoms with van der Waals surface area (Å²) in [7, 11) is 1.79. The van der Waals surface area contributed by atoms with Gasteiger partial charge in [-0.2, -0.15) is 5.10 Å². The molecule has 3 N–H and O–H groups in total. The number of aromatic nitrogens is 4. The van der Waals surface area contributed by atoms with E-state index in [-0.39, 0.29) is 47.8 Å². The molecule has 1 aliphatic carbocycles. The summed E-state index contributed by atoms with van der Waals surface area (Å²) in [4.78, 5) is 80.2. The van der Waals surface area contributed by atoms with E-state index in [2.05, 4.69) is 43.1 Å². The van der Waals surface area contributed by atoms with Gasteiger partial charge in [0.05, 0.1) is 63.7 Å². The molecule has 4 heterocycles. The topological polar surface area (TPSA) is 240 Å². The highest BCUT2D eigenvalue weighted by Gasteiger charge is 2.43. The minimum atomic E-state index is -0.843. The van der Waals surface area contributed by atoms with Crippen LogP contribution in [0.25, 0.3) is 11.5 Å². The molecule has 2 aliphatic rings. The van der Waals surface area contributed by atoms with Crippen molar-refractivity contribution in [1.82, 2.24) is 35.3 Å². The van der Waals surface area contributed by atoms with Gasteiger partial charge in [0.2, 0.25) is 23.6 Å². The van der Waals surface area contributed by atoms with Crippen LogP contribution in [0, 0.1) is 11.3 Å². The molecule has 4 atom stereocenters. The average Bonchev–Trinajstić information content (AvgIpc) is 2.59. The number of fused-ring (bicyclic) bond motifs is 2. The lowest BCUT2D eigenvalue weighted by Crippen LogP contribution is -2.61. The molecule has 0 spiro atoms. The fourth-order valence-electron chi connectivity index (χ4n) is 9.97. The van der Waals surface area contributed by atoms with Gasteiger partial charge in [-0.05, 0) is 125 Å². The standard InChI is InChI=1S/C63H87N9O12/c1-11-42(3)56(73)68-55(62(4,5)6)60(76)72-39-46-36-47(24-23-44(46)37-53(72)58(75)65-49-22-17-19-43-18-13-14-20-48(43)49)82-35-34-81-33-32-80-31-30-79-29-28-78-27-16-15-21-50-51(40-70(10)69-50)66-57(74)52-41-83-59(67-52)45-25-26-64-54(38-45)71(12-2)61(77)84-63(7,8)9/h13-14,18,20,23-26,36,38,40-42,49,53,55H,11-12,15-17,19,21-22,27-35,37,39H2,1-10H3,(H,65,75)(H,66,74)(H,68,73)/t42-,49-,53+,55-/m1/s1. The predicted molar refractivity (Wildman–Crippen MR) is 317 cm³/mol. The molecular formula is C63H87N9O12. The van der Waals surface area contributed by atoms with E-state index in [0.29, 0.717) is 108 Å². The Morgan fingerprint density at radius 3 is 2.23 bits per heavy atom. The molecule has 5 amide bonds. The molecule has 0 unspecified atom stereocenters. The highest BCUT2D eigenvalue weighted by atomic mass is 16.6. The molecule has 7 rings (SSSR count). The molecule has 2 aromatic carbocycles. The summed E-state index contributed by atoms with van der Waals surface area (Å²) in [6.07, 6.45) is 9.97. The largest absolute Gasteiger partial charge is 0.491 e. The fraction of sp³-hybridized carbons (Fsp3) is 0.556. The number of hydrogen-bond acceptors (Lipinski definition) is 15. The molecule has 0 saturated carbocycles. The van der Waals surface area contributed by atoms with Crippen molar-refractivity contribution in [3.8, 4) is 17.2 Å². The number of ether oxygens (including phenoxy) is 6. The van der Waals surface area contributed by atoms with E-state index in [0.717, 1.165) is 54.5 Å². The average molecular weight is 1160 g/mol. The first-order valence-corrected chi connectivity index (χ1v) is 29.5. The van der Waals surface area contributed by atoms with Crippen LogP contribution in [0.3, 0.4) is 0 Å². The van der Waals surface area contributed by atoms with Crippen molar-refractivity contribution in [3.05, 3.63) is 107 Å². The van der Waals surface area contributed by atoms with Crippen LogP contribution in [0.4, 0.5) is 16.3 Å². The zero-order valence-electron chi connectivity index (χ0n) is 50.8. The van der Waals surface area contributed by atoms with Crippen molar-refractivity contribution in [2.45, 2.75) is 144 Å². The second-order valence-electron chi connectivity index (χ2n) is 23.4. The van der Waals surface area contributed by atoms with Crippen LogP contribution in [0.5, 0.6) is 5.75 Å². The van der Waals surface area contributed by atoms with E-state index in [1.165, 1.54) is 16.7 Å². The Kier molecular flexibility index (Phi) is 23.4. The van der Waals surface area contributed by atoms with Gasteiger partial charge in [-0.1, -0.05) is 65.0 Å². The van der Waals surface area contributed by atoms with Crippen molar-refractivity contribution in [2.75, 3.05) is 76.2 Å². The molecule has 21 nitrogen and oxygen atoms in total. The summed E-state index contributed by atoms with van der Waals surface area (Å²) >= 11 is 0. The third-order valence-corrected chi connectivity index (χ3v) is 14.7. The maximum absolute atomic E-state index is 14.7. The Hall–Kier alpha value is -7.20. The normalized spacial score (nSPS) is 15.8. The number of anilines is 2. The number of unbranched alkanes of at least 4 members (excludes halogenated alkanes) is 1. The second kappa shape index (κ2) is 30.6. The van der Waals surface area contributed by atoms with Crippen molar-refractivity contribution >= 4 is 41.2 Å². The van der Waals surface area contributed by atoms with E-state index < -0.39 is 35.1 Å². The summed E-state index contributed by atoms with van der Waals surface area (Å²) in [6, 6.07) is 15.6. The van der Waals surface area contributed by atoms with Crippen molar-refractivity contribution < 1.29 is 56.8 Å². The lowest BCUT2D eigenvalue weighted by molar-refractivity contribution is -0.147. The zero-order valence-corrected chi connectivity index (χ0v) is 50.8. The number of nitrogens with zero attached hydrogens (tertiary/aromatic N) is 6. The first kappa shape index (κ1) is 64.4. The van der Waals surface area contributed by atoms with Gasteiger partial charge >= 0.3 is 6.09 Å². The smallest absolute Gasteiger partial charge is 0.415 e. The molecule has 0 fully saturated rings. The highest BCUT2D eigenvalue weighted by molar-refractivity contribution is 6.03. The van der Waals surface area contributed by atoms with Gasteiger partial charge in [0.25, 0.3) is 5.91 Å². The van der Waals surface area contributed by atoms with Crippen molar-refractivity contribution in [3.63, 3.8) is 0 Å². The third kappa shape index (κ3) is 18.4. The Balaban J connectivity index is 0.763. The number of amides is 5. The third-order valence-electron chi connectivity index (χ3n) is 14.7. The van der Waals surface area contributed by atoms with Gasteiger partial charge in [-0.15, -0.1) is 0 Å². The van der Waals surface area contributed by atoms with E-state index in [9.17, 15) is 24.0 Å². The van der Waals surface area contributed by atoms with Crippen LogP contribution in [0.2, 0.25) is 0 Å². The minimum absolute atomic E-state index is 0.0829. The monoisotopic (exact) mass is 1160 g/mol. The molecule has 456 valence electrons. The van der Waals surface area contributed by atoms with E-state index in [1.807, 2.05) is 71.9 Å². The lowest BCUT2D eigenvalue weighted by Gasteiger charge is -2.42. The van der Waals surface area contributed by atoms with Gasteiger partial charge in [-0.25, -0.2) is 14.8 Å². The maximum atomic E-state index is 14.7. The number of pyridine rings is 1. The molecule has 0 radical (unpaired) electrons.